The van der Waals surface area contributed by atoms with E-state index in [0.29, 0.717) is 19.4 Å². The van der Waals surface area contributed by atoms with Gasteiger partial charge in [-0.15, -0.1) is 0 Å². The fourth-order valence-corrected chi connectivity index (χ4v) is 1.93. The van der Waals surface area contributed by atoms with Crippen LogP contribution in [-0.2, 0) is 4.74 Å². The average Bonchev–Trinajstić information content (AvgIpc) is 2.08. The van der Waals surface area contributed by atoms with Crippen LogP contribution in [0.15, 0.2) is 0 Å². The Hall–Kier alpha value is -0.190. The third-order valence-electron chi connectivity index (χ3n) is 2.15. The Morgan fingerprint density at radius 2 is 2.20 bits per heavy atom. The summed E-state index contributed by atoms with van der Waals surface area (Å²) in [5.41, 5.74) is 0. The van der Waals surface area contributed by atoms with E-state index >= 15 is 0 Å². The van der Waals surface area contributed by atoms with E-state index in [9.17, 15) is 9.90 Å². The predicted molar refractivity (Wildman–Crippen MR) is 58.0 cm³/mol. The number of aliphatic hydroxyl groups excluding tert-OH is 1. The molecule has 1 saturated heterocycles. The molecule has 1 aliphatic heterocycles. The van der Waals surface area contributed by atoms with Crippen molar-refractivity contribution in [2.24, 2.45) is 0 Å². The quantitative estimate of drug-likeness (QED) is 0.731. The van der Waals surface area contributed by atoms with Gasteiger partial charge in [0.15, 0.2) is 10.6 Å². The van der Waals surface area contributed by atoms with Gasteiger partial charge in [0.25, 0.3) is 0 Å². The lowest BCUT2D eigenvalue weighted by Crippen LogP contribution is -2.54. The molecule has 0 spiro atoms. The summed E-state index contributed by atoms with van der Waals surface area (Å²) < 4.78 is 3.67. The lowest BCUT2D eigenvalue weighted by Gasteiger charge is -2.39. The van der Waals surface area contributed by atoms with Crippen molar-refractivity contribution in [2.45, 2.75) is 43.4 Å². The SMILES string of the molecule is CC(C)OC(=O)N1CCCC(Cl)(Cl)C1O. The van der Waals surface area contributed by atoms with Crippen LogP contribution in [-0.4, -0.2) is 39.3 Å². The fourth-order valence-electron chi connectivity index (χ4n) is 1.42. The van der Waals surface area contributed by atoms with Gasteiger partial charge in [-0.05, 0) is 26.7 Å². The number of hydrogen-bond donors (Lipinski definition) is 1. The normalized spacial score (nSPS) is 25.5. The van der Waals surface area contributed by atoms with Crippen LogP contribution in [0.4, 0.5) is 4.79 Å². The fraction of sp³-hybridized carbons (Fsp3) is 0.889. The van der Waals surface area contributed by atoms with Crippen LogP contribution in [0, 0.1) is 0 Å². The molecule has 0 bridgehead atoms. The number of aliphatic hydroxyl groups is 1. The van der Waals surface area contributed by atoms with Gasteiger partial charge < -0.3 is 9.84 Å². The van der Waals surface area contributed by atoms with E-state index in [2.05, 4.69) is 0 Å². The molecule has 0 aromatic carbocycles. The largest absolute Gasteiger partial charge is 0.447 e. The maximum Gasteiger partial charge on any atom is 0.412 e. The molecule has 1 unspecified atom stereocenters. The van der Waals surface area contributed by atoms with Gasteiger partial charge in [-0.3, -0.25) is 4.90 Å². The third kappa shape index (κ3) is 3.13. The summed E-state index contributed by atoms with van der Waals surface area (Å²) in [6.07, 6.45) is -0.907. The highest BCUT2D eigenvalue weighted by atomic mass is 35.5. The van der Waals surface area contributed by atoms with E-state index in [1.165, 1.54) is 0 Å². The van der Waals surface area contributed by atoms with Crippen LogP contribution in [0.1, 0.15) is 26.7 Å². The van der Waals surface area contributed by atoms with E-state index in [4.69, 9.17) is 27.9 Å². The van der Waals surface area contributed by atoms with Crippen molar-refractivity contribution < 1.29 is 14.6 Å². The van der Waals surface area contributed by atoms with Crippen LogP contribution < -0.4 is 0 Å². The second-order valence-electron chi connectivity index (χ2n) is 3.86. The first-order chi connectivity index (χ1) is 6.84. The highest BCUT2D eigenvalue weighted by Crippen LogP contribution is 2.36. The van der Waals surface area contributed by atoms with Crippen molar-refractivity contribution in [1.82, 2.24) is 4.90 Å². The van der Waals surface area contributed by atoms with Crippen LogP contribution in [0.5, 0.6) is 0 Å². The molecule has 1 aliphatic rings. The minimum absolute atomic E-state index is 0.230. The van der Waals surface area contributed by atoms with Gasteiger partial charge in [0.2, 0.25) is 0 Å². The second kappa shape index (κ2) is 4.76. The standard InChI is InChI=1S/C9H15Cl2NO3/c1-6(2)15-8(14)12-5-3-4-9(10,11)7(12)13/h6-7,13H,3-5H2,1-2H3. The summed E-state index contributed by atoms with van der Waals surface area (Å²) in [6, 6.07) is 0. The number of nitrogens with zero attached hydrogens (tertiary/aromatic N) is 1. The zero-order chi connectivity index (χ0) is 11.6. The lowest BCUT2D eigenvalue weighted by atomic mass is 10.1. The van der Waals surface area contributed by atoms with Gasteiger partial charge in [-0.1, -0.05) is 23.2 Å². The molecular weight excluding hydrogens is 241 g/mol. The predicted octanol–water partition coefficient (Wildman–Crippen LogP) is 2.12. The van der Waals surface area contributed by atoms with Crippen molar-refractivity contribution in [1.29, 1.82) is 0 Å². The summed E-state index contributed by atoms with van der Waals surface area (Å²) in [4.78, 5) is 12.7. The number of ether oxygens (including phenoxy) is 1. The van der Waals surface area contributed by atoms with Crippen molar-refractivity contribution in [3.05, 3.63) is 0 Å². The Bertz CT molecular complexity index is 246. The maximum atomic E-state index is 11.5. The monoisotopic (exact) mass is 255 g/mol. The zero-order valence-corrected chi connectivity index (χ0v) is 10.3. The number of carbonyl (C=O) groups is 1. The van der Waals surface area contributed by atoms with Crippen LogP contribution in [0.3, 0.4) is 0 Å². The molecule has 15 heavy (non-hydrogen) atoms. The van der Waals surface area contributed by atoms with Gasteiger partial charge >= 0.3 is 6.09 Å². The number of rotatable bonds is 1. The van der Waals surface area contributed by atoms with Crippen molar-refractivity contribution in [3.63, 3.8) is 0 Å². The minimum atomic E-state index is -1.30. The lowest BCUT2D eigenvalue weighted by molar-refractivity contribution is -0.0340. The summed E-state index contributed by atoms with van der Waals surface area (Å²) in [7, 11) is 0. The first kappa shape index (κ1) is 12.9. The molecule has 1 rings (SSSR count). The minimum Gasteiger partial charge on any atom is -0.447 e. The molecule has 1 atom stereocenters. The molecule has 0 aromatic heterocycles. The number of piperidine rings is 1. The van der Waals surface area contributed by atoms with Crippen LogP contribution in [0.25, 0.3) is 0 Å². The molecule has 1 amide bonds. The molecule has 4 nitrogen and oxygen atoms in total. The van der Waals surface area contributed by atoms with Crippen LogP contribution in [0.2, 0.25) is 0 Å². The van der Waals surface area contributed by atoms with Crippen LogP contribution >= 0.6 is 23.2 Å². The Morgan fingerprint density at radius 1 is 1.60 bits per heavy atom. The van der Waals surface area contributed by atoms with E-state index in [0.717, 1.165) is 4.90 Å². The Labute approximate surface area is 99.1 Å². The Morgan fingerprint density at radius 3 is 2.73 bits per heavy atom. The first-order valence-corrected chi connectivity index (χ1v) is 5.63. The van der Waals surface area contributed by atoms with Crippen molar-refractivity contribution in [2.75, 3.05) is 6.54 Å². The molecule has 1 N–H and O–H groups in total. The molecule has 0 aromatic rings. The van der Waals surface area contributed by atoms with E-state index < -0.39 is 16.7 Å². The molecule has 88 valence electrons. The number of hydrogen-bond acceptors (Lipinski definition) is 3. The first-order valence-electron chi connectivity index (χ1n) is 4.88. The number of halogens is 2. The number of amides is 1. The maximum absolute atomic E-state index is 11.5. The summed E-state index contributed by atoms with van der Waals surface area (Å²) in [5.74, 6) is 0. The van der Waals surface area contributed by atoms with E-state index in [1.54, 1.807) is 13.8 Å². The van der Waals surface area contributed by atoms with Gasteiger partial charge in [0.1, 0.15) is 0 Å². The van der Waals surface area contributed by atoms with E-state index in [-0.39, 0.29) is 6.10 Å². The van der Waals surface area contributed by atoms with Gasteiger partial charge in [0.05, 0.1) is 6.10 Å². The number of likely N-dealkylation sites (tertiary alicyclic amines) is 1. The topological polar surface area (TPSA) is 49.8 Å². The summed E-state index contributed by atoms with van der Waals surface area (Å²) in [6.45, 7) is 3.89. The smallest absolute Gasteiger partial charge is 0.412 e. The summed E-state index contributed by atoms with van der Waals surface area (Å²) in [5, 5.41) is 9.74. The molecule has 0 radical (unpaired) electrons. The number of carbonyl (C=O) groups excluding carboxylic acids is 1. The summed E-state index contributed by atoms with van der Waals surface area (Å²) >= 11 is 11.7. The molecule has 0 aliphatic carbocycles. The molecule has 6 heteroatoms. The van der Waals surface area contributed by atoms with Gasteiger partial charge in [-0.2, -0.15) is 0 Å². The Balaban J connectivity index is 2.65. The van der Waals surface area contributed by atoms with E-state index in [1.807, 2.05) is 0 Å². The molecule has 0 saturated carbocycles. The molecular formula is C9H15Cl2NO3. The molecule has 1 heterocycles. The van der Waals surface area contributed by atoms with Gasteiger partial charge in [0, 0.05) is 6.54 Å². The number of alkyl halides is 2. The highest BCUT2D eigenvalue weighted by Gasteiger charge is 2.43. The van der Waals surface area contributed by atoms with Crippen molar-refractivity contribution in [3.8, 4) is 0 Å². The van der Waals surface area contributed by atoms with Gasteiger partial charge in [-0.25, -0.2) is 4.79 Å². The Kier molecular flexibility index (Phi) is 4.09. The molecule has 1 fully saturated rings. The average molecular weight is 256 g/mol. The highest BCUT2D eigenvalue weighted by molar-refractivity contribution is 6.48. The second-order valence-corrected chi connectivity index (χ2v) is 5.41. The zero-order valence-electron chi connectivity index (χ0n) is 8.74. The third-order valence-corrected chi connectivity index (χ3v) is 2.92. The van der Waals surface area contributed by atoms with Crippen molar-refractivity contribution >= 4 is 29.3 Å².